The zero-order valence-corrected chi connectivity index (χ0v) is 19.6. The van der Waals surface area contributed by atoms with Gasteiger partial charge in [-0.15, -0.1) is 0 Å². The lowest BCUT2D eigenvalue weighted by atomic mass is 10.0. The molecule has 1 aliphatic carbocycles. The molecular weight excluding hydrogens is 464 g/mol. The van der Waals surface area contributed by atoms with Gasteiger partial charge in [-0.05, 0) is 51.1 Å². The van der Waals surface area contributed by atoms with Crippen LogP contribution in [0.5, 0.6) is 0 Å². The molecule has 0 spiro atoms. The number of H-pyrrole nitrogens is 1. The lowest BCUT2D eigenvalue weighted by Gasteiger charge is -2.17. The summed E-state index contributed by atoms with van der Waals surface area (Å²) in [6.45, 7) is 4.06. The molecule has 5 rings (SSSR count). The number of anilines is 1. The van der Waals surface area contributed by atoms with Crippen LogP contribution in [0, 0.1) is 17.2 Å². The molecule has 1 aromatic carbocycles. The van der Waals surface area contributed by atoms with Gasteiger partial charge < -0.3 is 20.2 Å². The molecule has 1 saturated heterocycles. The van der Waals surface area contributed by atoms with E-state index in [1.807, 2.05) is 6.07 Å². The number of hydrogen-bond acceptors (Lipinski definition) is 6. The standard InChI is InChI=1S/C23H24F3N6OP/c1-34(2,33)21-13(9-27)3-4-15-16(10-29-20(15)21)19-17(23(24,25)26)11-30-22(32-19)31-14-7-12-5-6-28-18(12)8-14/h3-4,10-12,14,18,28-29H,5-8H2,1-2H3,(H,30,31,32). The van der Waals surface area contributed by atoms with Gasteiger partial charge in [-0.2, -0.15) is 18.4 Å². The molecule has 3 atom stereocenters. The van der Waals surface area contributed by atoms with Crippen molar-refractivity contribution in [1.29, 1.82) is 5.26 Å². The molecule has 178 valence electrons. The summed E-state index contributed by atoms with van der Waals surface area (Å²) in [4.78, 5) is 11.2. The maximum atomic E-state index is 13.9. The lowest BCUT2D eigenvalue weighted by molar-refractivity contribution is -0.137. The second kappa shape index (κ2) is 8.10. The number of nitrogens with one attached hydrogen (secondary N) is 3. The van der Waals surface area contributed by atoms with Crippen molar-refractivity contribution < 1.29 is 17.7 Å². The fourth-order valence-corrected chi connectivity index (χ4v) is 6.77. The van der Waals surface area contributed by atoms with Crippen LogP contribution < -0.4 is 15.9 Å². The van der Waals surface area contributed by atoms with E-state index < -0.39 is 18.9 Å². The first kappa shape index (κ1) is 22.9. The molecule has 11 heteroatoms. The predicted molar refractivity (Wildman–Crippen MR) is 125 cm³/mol. The van der Waals surface area contributed by atoms with Crippen LogP contribution in [0.1, 0.15) is 30.4 Å². The van der Waals surface area contributed by atoms with Crippen LogP contribution in [0.25, 0.3) is 22.2 Å². The zero-order chi connectivity index (χ0) is 24.3. The number of rotatable bonds is 4. The smallest absolute Gasteiger partial charge is 0.360 e. The molecule has 7 nitrogen and oxygen atoms in total. The maximum absolute atomic E-state index is 13.9. The average molecular weight is 488 g/mol. The number of nitrogens with zero attached hydrogens (tertiary/aromatic N) is 3. The molecule has 34 heavy (non-hydrogen) atoms. The van der Waals surface area contributed by atoms with Crippen LogP contribution in [0.15, 0.2) is 24.5 Å². The van der Waals surface area contributed by atoms with Crippen LogP contribution >= 0.6 is 7.14 Å². The highest BCUT2D eigenvalue weighted by Crippen LogP contribution is 2.43. The summed E-state index contributed by atoms with van der Waals surface area (Å²) in [5.74, 6) is 0.708. The Kier molecular flexibility index (Phi) is 5.45. The lowest BCUT2D eigenvalue weighted by Crippen LogP contribution is -2.25. The summed E-state index contributed by atoms with van der Waals surface area (Å²) in [6, 6.07) is 5.60. The highest BCUT2D eigenvalue weighted by molar-refractivity contribution is 7.70. The third-order valence-corrected chi connectivity index (χ3v) is 8.33. The van der Waals surface area contributed by atoms with Gasteiger partial charge in [0, 0.05) is 35.4 Å². The maximum Gasteiger partial charge on any atom is 0.419 e. The third-order valence-electron chi connectivity index (χ3n) is 6.79. The highest BCUT2D eigenvalue weighted by atomic mass is 31.2. The Morgan fingerprint density at radius 3 is 2.74 bits per heavy atom. The normalized spacial score (nSPS) is 22.6. The van der Waals surface area contributed by atoms with E-state index >= 15 is 0 Å². The number of aromatic amines is 1. The van der Waals surface area contributed by atoms with Gasteiger partial charge in [0.2, 0.25) is 5.95 Å². The van der Waals surface area contributed by atoms with E-state index in [2.05, 4.69) is 25.6 Å². The molecule has 0 radical (unpaired) electrons. The van der Waals surface area contributed by atoms with Crippen molar-refractivity contribution in [2.45, 2.75) is 37.5 Å². The minimum Gasteiger partial charge on any atom is -0.360 e. The summed E-state index contributed by atoms with van der Waals surface area (Å²) >= 11 is 0. The molecule has 0 amide bonds. The average Bonchev–Trinajstić information content (AvgIpc) is 3.45. The van der Waals surface area contributed by atoms with Crippen molar-refractivity contribution in [2.24, 2.45) is 5.92 Å². The van der Waals surface area contributed by atoms with E-state index in [1.54, 1.807) is 6.07 Å². The largest absolute Gasteiger partial charge is 0.419 e. The number of nitriles is 1. The van der Waals surface area contributed by atoms with Crippen LogP contribution in [-0.4, -0.2) is 46.9 Å². The van der Waals surface area contributed by atoms with Gasteiger partial charge in [0.25, 0.3) is 0 Å². The number of alkyl halides is 3. The third kappa shape index (κ3) is 3.97. The van der Waals surface area contributed by atoms with Gasteiger partial charge in [0.15, 0.2) is 0 Å². The van der Waals surface area contributed by atoms with Crippen LogP contribution in [0.2, 0.25) is 0 Å². The van der Waals surface area contributed by atoms with Crippen molar-refractivity contribution in [3.05, 3.63) is 35.7 Å². The van der Waals surface area contributed by atoms with Gasteiger partial charge in [-0.25, -0.2) is 9.97 Å². The van der Waals surface area contributed by atoms with Crippen LogP contribution in [0.3, 0.4) is 0 Å². The Balaban J connectivity index is 1.60. The van der Waals surface area contributed by atoms with Crippen LogP contribution in [0.4, 0.5) is 19.1 Å². The van der Waals surface area contributed by atoms with E-state index in [0.29, 0.717) is 28.2 Å². The number of benzene rings is 1. The van der Waals surface area contributed by atoms with Crippen molar-refractivity contribution in [3.8, 4) is 17.3 Å². The number of fused-ring (bicyclic) bond motifs is 2. The molecule has 3 aromatic rings. The summed E-state index contributed by atoms with van der Waals surface area (Å²) in [7, 11) is -2.91. The Labute approximate surface area is 194 Å². The second-order valence-corrected chi connectivity index (χ2v) is 12.6. The van der Waals surface area contributed by atoms with E-state index in [9.17, 15) is 23.0 Å². The molecule has 3 N–H and O–H groups in total. The monoisotopic (exact) mass is 488 g/mol. The number of halogens is 3. The first-order valence-electron chi connectivity index (χ1n) is 11.1. The van der Waals surface area contributed by atoms with Gasteiger partial charge in [-0.1, -0.05) is 6.07 Å². The molecule has 3 unspecified atom stereocenters. The molecule has 0 bridgehead atoms. The van der Waals surface area contributed by atoms with E-state index in [1.165, 1.54) is 25.6 Å². The molecule has 1 aliphatic heterocycles. The summed E-state index contributed by atoms with van der Waals surface area (Å²) in [5.41, 5.74) is -0.373. The summed E-state index contributed by atoms with van der Waals surface area (Å²) < 4.78 is 54.7. The minimum atomic E-state index is -4.66. The van der Waals surface area contributed by atoms with Crippen LogP contribution in [-0.2, 0) is 10.7 Å². The topological polar surface area (TPSA) is 106 Å². The van der Waals surface area contributed by atoms with Crippen molar-refractivity contribution in [3.63, 3.8) is 0 Å². The molecule has 2 aliphatic rings. The van der Waals surface area contributed by atoms with Crippen molar-refractivity contribution >= 4 is 29.3 Å². The van der Waals surface area contributed by atoms with Crippen molar-refractivity contribution in [2.75, 3.05) is 25.2 Å². The Morgan fingerprint density at radius 1 is 1.26 bits per heavy atom. The molecule has 1 saturated carbocycles. The van der Waals surface area contributed by atoms with Gasteiger partial charge in [0.05, 0.1) is 28.1 Å². The fraction of sp³-hybridized carbons (Fsp3) is 0.435. The molecule has 2 fully saturated rings. The molecule has 3 heterocycles. The quantitative estimate of drug-likeness (QED) is 0.473. The minimum absolute atomic E-state index is 0.0891. The Hall–Kier alpha value is -2.89. The zero-order valence-electron chi connectivity index (χ0n) is 18.7. The fourth-order valence-electron chi connectivity index (χ4n) is 5.34. The Morgan fingerprint density at radius 2 is 2.06 bits per heavy atom. The Bertz CT molecular complexity index is 1340. The number of hydrogen-bond donors (Lipinski definition) is 3. The first-order valence-corrected chi connectivity index (χ1v) is 13.7. The van der Waals surface area contributed by atoms with E-state index in [-0.39, 0.29) is 28.8 Å². The molecular formula is C23H24F3N6OP. The highest BCUT2D eigenvalue weighted by Gasteiger charge is 2.39. The number of aromatic nitrogens is 3. The summed E-state index contributed by atoms with van der Waals surface area (Å²) in [5, 5.41) is 16.9. The molecule has 2 aromatic heterocycles. The van der Waals surface area contributed by atoms with E-state index in [0.717, 1.165) is 32.0 Å². The van der Waals surface area contributed by atoms with Gasteiger partial charge in [0.1, 0.15) is 12.7 Å². The second-order valence-electron chi connectivity index (χ2n) is 9.42. The van der Waals surface area contributed by atoms with Gasteiger partial charge >= 0.3 is 6.18 Å². The first-order chi connectivity index (χ1) is 16.1. The summed E-state index contributed by atoms with van der Waals surface area (Å²) in [6.07, 6.45) is 0.477. The van der Waals surface area contributed by atoms with Crippen molar-refractivity contribution in [1.82, 2.24) is 20.3 Å². The SMILES string of the molecule is CP(C)(=O)c1c(C#N)ccc2c(-c3nc(NC4CC5CCNC5C4)ncc3C(F)(F)F)c[nH]c12. The van der Waals surface area contributed by atoms with E-state index in [4.69, 9.17) is 0 Å². The predicted octanol–water partition coefficient (Wildman–Crippen LogP) is 4.32. The van der Waals surface area contributed by atoms with Gasteiger partial charge in [-0.3, -0.25) is 0 Å².